The number of carbonyl (C=O) groups is 2. The van der Waals surface area contributed by atoms with Crippen LogP contribution in [-0.2, 0) is 17.9 Å². The lowest BCUT2D eigenvalue weighted by atomic mass is 10.1. The lowest BCUT2D eigenvalue weighted by Gasteiger charge is -2.15. The summed E-state index contributed by atoms with van der Waals surface area (Å²) >= 11 is 16.5. The van der Waals surface area contributed by atoms with E-state index in [9.17, 15) is 9.59 Å². The average molecular weight is 607 g/mol. The number of carbonyl (C=O) groups excluding carboxylic acids is 2. The van der Waals surface area contributed by atoms with Crippen molar-refractivity contribution in [2.75, 3.05) is 6.61 Å². The van der Waals surface area contributed by atoms with Gasteiger partial charge in [-0.25, -0.2) is 0 Å². The van der Waals surface area contributed by atoms with E-state index >= 15 is 0 Å². The van der Waals surface area contributed by atoms with Gasteiger partial charge in [0, 0.05) is 0 Å². The van der Waals surface area contributed by atoms with E-state index in [4.69, 9.17) is 32.7 Å². The Balaban J connectivity index is 1.55. The average Bonchev–Trinajstić information content (AvgIpc) is 3.08. The van der Waals surface area contributed by atoms with E-state index in [1.807, 2.05) is 38.1 Å². The van der Waals surface area contributed by atoms with Crippen LogP contribution >= 0.6 is 50.9 Å². The lowest BCUT2D eigenvalue weighted by molar-refractivity contribution is -0.123. The molecule has 0 bridgehead atoms. The van der Waals surface area contributed by atoms with Gasteiger partial charge in [0.15, 0.2) is 11.5 Å². The topological polar surface area (TPSA) is 55.8 Å². The van der Waals surface area contributed by atoms with Gasteiger partial charge in [-0.1, -0.05) is 59.1 Å². The smallest absolute Gasteiger partial charge is 0.293 e. The Labute approximate surface area is 232 Å². The Kier molecular flexibility index (Phi) is 8.67. The third-order valence-corrected chi connectivity index (χ3v) is 7.53. The normalized spacial score (nSPS) is 14.6. The van der Waals surface area contributed by atoms with Crippen LogP contribution in [0.2, 0.25) is 10.0 Å². The Morgan fingerprint density at radius 1 is 1.00 bits per heavy atom. The van der Waals surface area contributed by atoms with Crippen LogP contribution in [0.3, 0.4) is 0 Å². The molecule has 1 heterocycles. The second-order valence-corrected chi connectivity index (χ2v) is 10.7. The van der Waals surface area contributed by atoms with E-state index < -0.39 is 0 Å². The predicted octanol–water partition coefficient (Wildman–Crippen LogP) is 8.28. The minimum absolute atomic E-state index is 0.110. The Morgan fingerprint density at radius 3 is 2.53 bits per heavy atom. The summed E-state index contributed by atoms with van der Waals surface area (Å²) in [5, 5.41) is 0.436. The van der Waals surface area contributed by atoms with Gasteiger partial charge < -0.3 is 9.47 Å². The molecular formula is C27H22BrCl2NO4S. The summed E-state index contributed by atoms with van der Waals surface area (Å²) in [5.74, 6) is 0.744. The van der Waals surface area contributed by atoms with Crippen molar-refractivity contribution in [3.05, 3.63) is 96.3 Å². The largest absolute Gasteiger partial charge is 0.490 e. The number of ether oxygens (including phenoxy) is 2. The molecule has 0 saturated carbocycles. The lowest BCUT2D eigenvalue weighted by Crippen LogP contribution is -2.27. The van der Waals surface area contributed by atoms with Gasteiger partial charge in [0.2, 0.25) is 0 Å². The first kappa shape index (κ1) is 26.6. The highest BCUT2D eigenvalue weighted by atomic mass is 79.9. The Hall–Kier alpha value is -2.45. The number of thioether (sulfide) groups is 1. The summed E-state index contributed by atoms with van der Waals surface area (Å²) in [4.78, 5) is 27.1. The van der Waals surface area contributed by atoms with E-state index in [0.717, 1.165) is 22.9 Å². The zero-order valence-corrected chi connectivity index (χ0v) is 23.4. The molecule has 4 rings (SSSR count). The molecule has 0 N–H and O–H groups in total. The second kappa shape index (κ2) is 11.7. The Bertz CT molecular complexity index is 1360. The fourth-order valence-electron chi connectivity index (χ4n) is 3.64. The molecule has 5 nitrogen and oxygen atoms in total. The molecule has 2 amide bonds. The van der Waals surface area contributed by atoms with Gasteiger partial charge >= 0.3 is 0 Å². The van der Waals surface area contributed by atoms with E-state index in [1.54, 1.807) is 30.3 Å². The first-order valence-electron chi connectivity index (χ1n) is 11.1. The highest BCUT2D eigenvalue weighted by Crippen LogP contribution is 2.40. The summed E-state index contributed by atoms with van der Waals surface area (Å²) < 4.78 is 12.6. The van der Waals surface area contributed by atoms with Crippen LogP contribution < -0.4 is 9.47 Å². The number of nitrogens with zero attached hydrogens (tertiary/aromatic N) is 1. The number of amides is 2. The number of rotatable bonds is 8. The van der Waals surface area contributed by atoms with E-state index in [-0.39, 0.29) is 17.7 Å². The maximum absolute atomic E-state index is 13.0. The molecule has 0 aromatic heterocycles. The molecule has 0 spiro atoms. The van der Waals surface area contributed by atoms with Crippen LogP contribution in [0.1, 0.15) is 29.2 Å². The zero-order valence-electron chi connectivity index (χ0n) is 19.5. The van der Waals surface area contributed by atoms with Gasteiger partial charge in [-0.3, -0.25) is 14.5 Å². The molecule has 1 aliphatic heterocycles. The first-order valence-corrected chi connectivity index (χ1v) is 13.5. The quantitative estimate of drug-likeness (QED) is 0.241. The number of hydrogen-bond acceptors (Lipinski definition) is 5. The van der Waals surface area contributed by atoms with Crippen LogP contribution in [0.15, 0.2) is 64.0 Å². The van der Waals surface area contributed by atoms with Crippen LogP contribution in [0, 0.1) is 6.92 Å². The molecule has 1 saturated heterocycles. The van der Waals surface area contributed by atoms with Crippen molar-refractivity contribution >= 4 is 68.1 Å². The van der Waals surface area contributed by atoms with Crippen LogP contribution in [-0.4, -0.2) is 22.7 Å². The minimum Gasteiger partial charge on any atom is -0.490 e. The summed E-state index contributed by atoms with van der Waals surface area (Å²) in [6.07, 6.45) is 1.68. The number of halogens is 3. The Morgan fingerprint density at radius 2 is 1.81 bits per heavy atom. The zero-order chi connectivity index (χ0) is 25.8. The monoisotopic (exact) mass is 605 g/mol. The number of aryl methyl sites for hydroxylation is 1. The van der Waals surface area contributed by atoms with E-state index in [2.05, 4.69) is 22.0 Å². The molecule has 0 aliphatic carbocycles. The van der Waals surface area contributed by atoms with E-state index in [0.29, 0.717) is 55.3 Å². The summed E-state index contributed by atoms with van der Waals surface area (Å²) in [5.41, 5.74) is 3.62. The molecule has 9 heteroatoms. The van der Waals surface area contributed by atoms with Crippen molar-refractivity contribution in [3.8, 4) is 11.5 Å². The van der Waals surface area contributed by atoms with Crippen molar-refractivity contribution in [3.63, 3.8) is 0 Å². The maximum atomic E-state index is 13.0. The van der Waals surface area contributed by atoms with E-state index in [1.165, 1.54) is 4.90 Å². The third-order valence-electron chi connectivity index (χ3n) is 5.29. The summed E-state index contributed by atoms with van der Waals surface area (Å²) in [6.45, 7) is 4.86. The van der Waals surface area contributed by atoms with Gasteiger partial charge in [0.1, 0.15) is 6.61 Å². The van der Waals surface area contributed by atoms with Gasteiger partial charge in [-0.15, -0.1) is 0 Å². The van der Waals surface area contributed by atoms with Gasteiger partial charge in [-0.05, 0) is 88.6 Å². The number of imide groups is 1. The van der Waals surface area contributed by atoms with Crippen LogP contribution in [0.25, 0.3) is 6.08 Å². The fraction of sp³-hybridized carbons (Fsp3) is 0.185. The van der Waals surface area contributed by atoms with Crippen molar-refractivity contribution in [2.24, 2.45) is 0 Å². The van der Waals surface area contributed by atoms with Crippen molar-refractivity contribution in [1.29, 1.82) is 0 Å². The number of hydrogen-bond donors (Lipinski definition) is 0. The molecular weight excluding hydrogens is 585 g/mol. The standard InChI is InChI=1S/C27H22BrCl2NO4S/c1-3-34-23-12-19(10-20(28)25(23)35-15-18-6-4-5-16(2)9-18)13-24-26(32)31(27(33)36-24)14-17-7-8-21(29)22(30)11-17/h4-13H,3,14-15H2,1-2H3/b24-13-. The van der Waals surface area contributed by atoms with Crippen LogP contribution in [0.5, 0.6) is 11.5 Å². The molecule has 1 aliphatic rings. The molecule has 36 heavy (non-hydrogen) atoms. The first-order chi connectivity index (χ1) is 17.2. The van der Waals surface area contributed by atoms with Crippen molar-refractivity contribution in [1.82, 2.24) is 4.90 Å². The second-order valence-electron chi connectivity index (χ2n) is 8.06. The highest BCUT2D eigenvalue weighted by Gasteiger charge is 2.35. The third kappa shape index (κ3) is 6.27. The SMILES string of the molecule is CCOc1cc(/C=C2\SC(=O)N(Cc3ccc(Cl)c(Cl)c3)C2=O)cc(Br)c1OCc1cccc(C)c1. The predicted molar refractivity (Wildman–Crippen MR) is 149 cm³/mol. The molecule has 0 radical (unpaired) electrons. The molecule has 3 aromatic rings. The molecule has 0 atom stereocenters. The van der Waals surface area contributed by atoms with Crippen molar-refractivity contribution in [2.45, 2.75) is 27.0 Å². The van der Waals surface area contributed by atoms with Crippen molar-refractivity contribution < 1.29 is 19.1 Å². The van der Waals surface area contributed by atoms with Crippen LogP contribution in [0.4, 0.5) is 4.79 Å². The minimum atomic E-state index is -0.370. The van der Waals surface area contributed by atoms with Gasteiger partial charge in [-0.2, -0.15) is 0 Å². The maximum Gasteiger partial charge on any atom is 0.293 e. The fourth-order valence-corrected chi connectivity index (χ4v) is 5.37. The summed E-state index contributed by atoms with van der Waals surface area (Å²) in [6, 6.07) is 16.8. The highest BCUT2D eigenvalue weighted by molar-refractivity contribution is 9.10. The molecule has 186 valence electrons. The van der Waals surface area contributed by atoms with Gasteiger partial charge in [0.05, 0.1) is 32.6 Å². The summed E-state index contributed by atoms with van der Waals surface area (Å²) in [7, 11) is 0. The molecule has 1 fully saturated rings. The van der Waals surface area contributed by atoms with Gasteiger partial charge in [0.25, 0.3) is 11.1 Å². The molecule has 0 unspecified atom stereocenters. The number of benzene rings is 3. The molecule has 3 aromatic carbocycles.